The van der Waals surface area contributed by atoms with E-state index in [-0.39, 0.29) is 16.6 Å². The third-order valence-electron chi connectivity index (χ3n) is 3.89. The number of sulfone groups is 1. The second-order valence-corrected chi connectivity index (χ2v) is 7.99. The molecule has 0 fully saturated rings. The lowest BCUT2D eigenvalue weighted by Crippen LogP contribution is -2.27. The number of nitro benzene ring substituents is 1. The molecule has 7 nitrogen and oxygen atoms in total. The number of hydrogen-bond donors (Lipinski definition) is 1. The molecule has 0 aliphatic heterocycles. The van der Waals surface area contributed by atoms with E-state index in [1.165, 1.54) is 12.1 Å². The molecule has 1 atom stereocenters. The summed E-state index contributed by atoms with van der Waals surface area (Å²) in [6, 6.07) is 13.7. The van der Waals surface area contributed by atoms with Crippen molar-refractivity contribution in [2.45, 2.75) is 10.9 Å². The fourth-order valence-corrected chi connectivity index (χ4v) is 3.16. The number of anilines is 1. The standard InChI is InChI=1S/C17H21N3O4S/c1-19(2)17(13-7-5-4-6-8-13)12-18-15-10-9-14(25(3,23)24)11-16(15)20(21)22/h4-11,17-18H,12H2,1-3H3/t17-/m1/s1. The highest BCUT2D eigenvalue weighted by atomic mass is 32.2. The molecular weight excluding hydrogens is 342 g/mol. The molecule has 134 valence electrons. The fraction of sp³-hybridized carbons (Fsp3) is 0.294. The third kappa shape index (κ3) is 4.77. The maximum atomic E-state index is 11.6. The molecule has 0 saturated carbocycles. The number of rotatable bonds is 7. The van der Waals surface area contributed by atoms with E-state index in [0.29, 0.717) is 12.2 Å². The molecule has 2 aromatic rings. The molecule has 0 radical (unpaired) electrons. The van der Waals surface area contributed by atoms with Crippen LogP contribution in [-0.4, -0.2) is 45.1 Å². The molecule has 0 saturated heterocycles. The molecule has 0 spiro atoms. The number of hydrogen-bond acceptors (Lipinski definition) is 6. The molecule has 0 heterocycles. The lowest BCUT2D eigenvalue weighted by molar-refractivity contribution is -0.384. The minimum atomic E-state index is -3.50. The van der Waals surface area contributed by atoms with Gasteiger partial charge < -0.3 is 10.2 Å². The molecule has 0 aliphatic carbocycles. The van der Waals surface area contributed by atoms with Gasteiger partial charge in [0.15, 0.2) is 9.84 Å². The maximum absolute atomic E-state index is 11.6. The summed E-state index contributed by atoms with van der Waals surface area (Å²) in [5.41, 5.74) is 1.11. The van der Waals surface area contributed by atoms with Crippen molar-refractivity contribution >= 4 is 21.2 Å². The molecule has 0 aliphatic rings. The zero-order chi connectivity index (χ0) is 18.6. The van der Waals surface area contributed by atoms with Gasteiger partial charge in [0.1, 0.15) is 5.69 Å². The first kappa shape index (κ1) is 18.9. The Hall–Kier alpha value is -2.45. The predicted octanol–water partition coefficient (Wildman–Crippen LogP) is 2.71. The van der Waals surface area contributed by atoms with Crippen molar-refractivity contribution in [2.75, 3.05) is 32.2 Å². The first-order chi connectivity index (χ1) is 11.7. The van der Waals surface area contributed by atoms with Crippen molar-refractivity contribution in [3.8, 4) is 0 Å². The molecule has 2 rings (SSSR count). The molecule has 2 aromatic carbocycles. The summed E-state index contributed by atoms with van der Waals surface area (Å²) in [4.78, 5) is 12.7. The third-order valence-corrected chi connectivity index (χ3v) is 5.00. The molecule has 0 unspecified atom stereocenters. The smallest absolute Gasteiger partial charge is 0.293 e. The van der Waals surface area contributed by atoms with Crippen LogP contribution in [0.4, 0.5) is 11.4 Å². The van der Waals surface area contributed by atoms with Gasteiger partial charge in [-0.3, -0.25) is 10.1 Å². The largest absolute Gasteiger partial charge is 0.378 e. The van der Waals surface area contributed by atoms with Gasteiger partial charge in [0.05, 0.1) is 15.9 Å². The average Bonchev–Trinajstić information content (AvgIpc) is 2.54. The van der Waals surface area contributed by atoms with Crippen molar-refractivity contribution in [3.05, 3.63) is 64.2 Å². The molecule has 25 heavy (non-hydrogen) atoms. The van der Waals surface area contributed by atoms with E-state index < -0.39 is 14.8 Å². The van der Waals surface area contributed by atoms with Crippen LogP contribution in [0, 0.1) is 10.1 Å². The number of nitrogens with zero attached hydrogens (tertiary/aromatic N) is 2. The van der Waals surface area contributed by atoms with E-state index in [1.807, 2.05) is 49.3 Å². The van der Waals surface area contributed by atoms with Crippen LogP contribution in [-0.2, 0) is 9.84 Å². The van der Waals surface area contributed by atoms with Crippen molar-refractivity contribution in [3.63, 3.8) is 0 Å². The highest BCUT2D eigenvalue weighted by Gasteiger charge is 2.20. The Balaban J connectivity index is 2.28. The zero-order valence-corrected chi connectivity index (χ0v) is 15.2. The highest BCUT2D eigenvalue weighted by molar-refractivity contribution is 7.90. The highest BCUT2D eigenvalue weighted by Crippen LogP contribution is 2.29. The Kier molecular flexibility index (Phi) is 5.76. The molecule has 8 heteroatoms. The number of benzene rings is 2. The summed E-state index contributed by atoms with van der Waals surface area (Å²) in [6.07, 6.45) is 1.02. The SMILES string of the molecule is CN(C)[C@H](CNc1ccc(S(C)(=O)=O)cc1[N+](=O)[O-])c1ccccc1. The minimum absolute atomic E-state index is 0.00962. The first-order valence-electron chi connectivity index (χ1n) is 7.64. The van der Waals surface area contributed by atoms with Crippen LogP contribution in [0.1, 0.15) is 11.6 Å². The van der Waals surface area contributed by atoms with Crippen LogP contribution in [0.2, 0.25) is 0 Å². The summed E-state index contributed by atoms with van der Waals surface area (Å²) in [6.45, 7) is 0.441. The Morgan fingerprint density at radius 2 is 1.80 bits per heavy atom. The van der Waals surface area contributed by atoms with Crippen LogP contribution in [0.3, 0.4) is 0 Å². The zero-order valence-electron chi connectivity index (χ0n) is 14.3. The lowest BCUT2D eigenvalue weighted by Gasteiger charge is -2.25. The van der Waals surface area contributed by atoms with Crippen molar-refractivity contribution in [1.82, 2.24) is 4.90 Å². The van der Waals surface area contributed by atoms with Gasteiger partial charge in [0.25, 0.3) is 5.69 Å². The van der Waals surface area contributed by atoms with Gasteiger partial charge in [0, 0.05) is 18.9 Å². The van der Waals surface area contributed by atoms with Gasteiger partial charge in [-0.25, -0.2) is 8.42 Å². The second-order valence-electron chi connectivity index (χ2n) is 5.98. The van der Waals surface area contributed by atoms with E-state index in [2.05, 4.69) is 5.32 Å². The summed E-state index contributed by atoms with van der Waals surface area (Å²) in [5.74, 6) is 0. The quantitative estimate of drug-likeness (QED) is 0.601. The Bertz CT molecular complexity index is 851. The van der Waals surface area contributed by atoms with Gasteiger partial charge in [-0.05, 0) is 31.8 Å². The maximum Gasteiger partial charge on any atom is 0.293 e. The van der Waals surface area contributed by atoms with E-state index >= 15 is 0 Å². The summed E-state index contributed by atoms with van der Waals surface area (Å²) in [5, 5.41) is 14.4. The van der Waals surface area contributed by atoms with Crippen molar-refractivity contribution in [1.29, 1.82) is 0 Å². The molecule has 0 aromatic heterocycles. The van der Waals surface area contributed by atoms with Gasteiger partial charge in [-0.1, -0.05) is 30.3 Å². The van der Waals surface area contributed by atoms with Gasteiger partial charge >= 0.3 is 0 Å². The monoisotopic (exact) mass is 363 g/mol. The van der Waals surface area contributed by atoms with Crippen LogP contribution < -0.4 is 5.32 Å². The van der Waals surface area contributed by atoms with Crippen LogP contribution >= 0.6 is 0 Å². The van der Waals surface area contributed by atoms with Gasteiger partial charge in [-0.15, -0.1) is 0 Å². The average molecular weight is 363 g/mol. The number of likely N-dealkylation sites (N-methyl/N-ethyl adjacent to an activating group) is 1. The summed E-state index contributed by atoms with van der Waals surface area (Å²) >= 11 is 0. The van der Waals surface area contributed by atoms with E-state index in [9.17, 15) is 18.5 Å². The minimum Gasteiger partial charge on any atom is -0.378 e. The molecule has 0 bridgehead atoms. The van der Waals surface area contributed by atoms with Crippen molar-refractivity contribution < 1.29 is 13.3 Å². The lowest BCUT2D eigenvalue weighted by atomic mass is 10.1. The topological polar surface area (TPSA) is 92.6 Å². The van der Waals surface area contributed by atoms with Crippen LogP contribution in [0.25, 0.3) is 0 Å². The van der Waals surface area contributed by atoms with Gasteiger partial charge in [-0.2, -0.15) is 0 Å². The fourth-order valence-electron chi connectivity index (χ4n) is 2.52. The normalized spacial score (nSPS) is 12.8. The molecule has 1 N–H and O–H groups in total. The van der Waals surface area contributed by atoms with Crippen LogP contribution in [0.15, 0.2) is 53.4 Å². The second kappa shape index (κ2) is 7.62. The van der Waals surface area contributed by atoms with E-state index in [1.54, 1.807) is 0 Å². The van der Waals surface area contributed by atoms with Crippen molar-refractivity contribution in [2.24, 2.45) is 0 Å². The predicted molar refractivity (Wildman–Crippen MR) is 97.6 cm³/mol. The van der Waals surface area contributed by atoms with E-state index in [0.717, 1.165) is 17.9 Å². The van der Waals surface area contributed by atoms with Gasteiger partial charge in [0.2, 0.25) is 0 Å². The molecule has 0 amide bonds. The Labute approximate surface area is 147 Å². The number of nitro groups is 1. The van der Waals surface area contributed by atoms with Crippen LogP contribution in [0.5, 0.6) is 0 Å². The molecular formula is C17H21N3O4S. The van der Waals surface area contributed by atoms with E-state index in [4.69, 9.17) is 0 Å². The Morgan fingerprint density at radius 3 is 2.32 bits per heavy atom. The Morgan fingerprint density at radius 1 is 1.16 bits per heavy atom. The summed E-state index contributed by atoms with van der Waals surface area (Å²) in [7, 11) is 0.358. The number of nitrogens with one attached hydrogen (secondary N) is 1. The first-order valence-corrected chi connectivity index (χ1v) is 9.53. The summed E-state index contributed by atoms with van der Waals surface area (Å²) < 4.78 is 23.2.